The van der Waals surface area contributed by atoms with E-state index in [-0.39, 0.29) is 12.4 Å². The highest BCUT2D eigenvalue weighted by molar-refractivity contribution is 5.85. The fraction of sp³-hybridized carbons (Fsp3) is 0.800. The minimum absolute atomic E-state index is 0. The van der Waals surface area contributed by atoms with Gasteiger partial charge in [-0.1, -0.05) is 0 Å². The van der Waals surface area contributed by atoms with Gasteiger partial charge in [0.15, 0.2) is 0 Å². The second kappa shape index (κ2) is 3.95. The second-order valence-corrected chi connectivity index (χ2v) is 2.49. The molecule has 0 heterocycles. The van der Waals surface area contributed by atoms with Crippen LogP contribution in [0.1, 0.15) is 13.3 Å². The van der Waals surface area contributed by atoms with Crippen molar-refractivity contribution in [2.45, 2.75) is 25.1 Å². The van der Waals surface area contributed by atoms with E-state index in [0.717, 1.165) is 0 Å². The maximum absolute atomic E-state index is 11.8. The van der Waals surface area contributed by atoms with Crippen molar-refractivity contribution in [2.75, 3.05) is 0 Å². The molecule has 0 aromatic carbocycles. The molecule has 0 spiro atoms. The molecule has 0 unspecified atom stereocenters. The third-order valence-electron chi connectivity index (χ3n) is 1.17. The fourth-order valence-corrected chi connectivity index (χ4v) is 0.414. The SMILES string of the molecule is C[C@@](N)(CC(=O)O)C(F)(F)F.Cl. The predicted molar refractivity (Wildman–Crippen MR) is 38.1 cm³/mol. The molecule has 0 saturated heterocycles. The van der Waals surface area contributed by atoms with Crippen molar-refractivity contribution in [1.82, 2.24) is 0 Å². The number of carboxylic acid groups (broad SMARTS) is 1. The summed E-state index contributed by atoms with van der Waals surface area (Å²) in [4.78, 5) is 9.88. The molecule has 0 saturated carbocycles. The number of aliphatic carboxylic acids is 1. The Morgan fingerprint density at radius 1 is 1.50 bits per heavy atom. The van der Waals surface area contributed by atoms with Gasteiger partial charge in [0.25, 0.3) is 0 Å². The maximum atomic E-state index is 11.8. The molecule has 0 aromatic heterocycles. The monoisotopic (exact) mass is 207 g/mol. The van der Waals surface area contributed by atoms with Crippen LogP contribution >= 0.6 is 12.4 Å². The van der Waals surface area contributed by atoms with Gasteiger partial charge in [-0.2, -0.15) is 13.2 Å². The smallest absolute Gasteiger partial charge is 0.406 e. The summed E-state index contributed by atoms with van der Waals surface area (Å²) in [6, 6.07) is 0. The summed E-state index contributed by atoms with van der Waals surface area (Å²) in [7, 11) is 0. The van der Waals surface area contributed by atoms with E-state index in [1.807, 2.05) is 0 Å². The molecule has 0 aromatic rings. The largest absolute Gasteiger partial charge is 0.481 e. The molecule has 3 N–H and O–H groups in total. The van der Waals surface area contributed by atoms with Crippen LogP contribution in [-0.2, 0) is 4.79 Å². The van der Waals surface area contributed by atoms with Gasteiger partial charge in [0.1, 0.15) is 5.54 Å². The maximum Gasteiger partial charge on any atom is 0.406 e. The third-order valence-corrected chi connectivity index (χ3v) is 1.17. The first-order chi connectivity index (χ1) is 4.67. The highest BCUT2D eigenvalue weighted by Crippen LogP contribution is 2.30. The first-order valence-corrected chi connectivity index (χ1v) is 2.74. The standard InChI is InChI=1S/C5H8F3NO2.ClH/c1-4(9,2-3(10)11)5(6,7)8;/h2,9H2,1H3,(H,10,11);1H/t4-;/m1./s1. The van der Waals surface area contributed by atoms with Crippen LogP contribution in [0, 0.1) is 0 Å². The van der Waals surface area contributed by atoms with Crippen molar-refractivity contribution >= 4 is 18.4 Å². The summed E-state index contributed by atoms with van der Waals surface area (Å²) >= 11 is 0. The molecule has 0 radical (unpaired) electrons. The number of halogens is 4. The van der Waals surface area contributed by atoms with Gasteiger partial charge in [-0.25, -0.2) is 0 Å². The lowest BCUT2D eigenvalue weighted by Crippen LogP contribution is -2.52. The van der Waals surface area contributed by atoms with Gasteiger partial charge in [0.05, 0.1) is 6.42 Å². The Bertz CT molecular complexity index is 169. The summed E-state index contributed by atoms with van der Waals surface area (Å²) < 4.78 is 35.4. The van der Waals surface area contributed by atoms with Crippen molar-refractivity contribution in [2.24, 2.45) is 5.73 Å². The Kier molecular flexibility index (Phi) is 4.63. The van der Waals surface area contributed by atoms with Gasteiger partial charge < -0.3 is 10.8 Å². The number of rotatable bonds is 2. The van der Waals surface area contributed by atoms with Gasteiger partial charge >= 0.3 is 12.1 Å². The van der Waals surface area contributed by atoms with Crippen LogP contribution in [-0.4, -0.2) is 22.8 Å². The van der Waals surface area contributed by atoms with E-state index in [0.29, 0.717) is 6.92 Å². The summed E-state index contributed by atoms with van der Waals surface area (Å²) in [6.45, 7) is 0.640. The van der Waals surface area contributed by atoms with E-state index in [9.17, 15) is 18.0 Å². The quantitative estimate of drug-likeness (QED) is 0.714. The van der Waals surface area contributed by atoms with Gasteiger partial charge in [0, 0.05) is 0 Å². The molecule has 1 atom stereocenters. The van der Waals surface area contributed by atoms with Crippen molar-refractivity contribution in [3.63, 3.8) is 0 Å². The number of alkyl halides is 3. The first kappa shape index (κ1) is 14.1. The van der Waals surface area contributed by atoms with Crippen LogP contribution in [0.3, 0.4) is 0 Å². The molecule has 7 heteroatoms. The lowest BCUT2D eigenvalue weighted by Gasteiger charge is -2.25. The molecule has 0 aliphatic rings. The first-order valence-electron chi connectivity index (χ1n) is 2.74. The molecule has 74 valence electrons. The van der Waals surface area contributed by atoms with Crippen LogP contribution in [0.15, 0.2) is 0 Å². The zero-order valence-electron chi connectivity index (χ0n) is 6.18. The number of carbonyl (C=O) groups is 1. The summed E-state index contributed by atoms with van der Waals surface area (Å²) in [6.07, 6.45) is -5.79. The highest BCUT2D eigenvalue weighted by Gasteiger charge is 2.49. The summed E-state index contributed by atoms with van der Waals surface area (Å²) in [5.74, 6) is -1.56. The molecule has 0 fully saturated rings. The molecule has 0 aliphatic carbocycles. The van der Waals surface area contributed by atoms with Crippen LogP contribution < -0.4 is 5.73 Å². The van der Waals surface area contributed by atoms with E-state index in [2.05, 4.69) is 5.73 Å². The number of carboxylic acids is 1. The van der Waals surface area contributed by atoms with E-state index < -0.39 is 24.1 Å². The van der Waals surface area contributed by atoms with Gasteiger partial charge in [-0.15, -0.1) is 12.4 Å². The van der Waals surface area contributed by atoms with Gasteiger partial charge in [-0.3, -0.25) is 4.79 Å². The molecular weight excluding hydrogens is 199 g/mol. The predicted octanol–water partition coefficient (Wildman–Crippen LogP) is 1.16. The van der Waals surface area contributed by atoms with Gasteiger partial charge in [-0.05, 0) is 6.92 Å². The van der Waals surface area contributed by atoms with Crippen LogP contribution in [0.5, 0.6) is 0 Å². The van der Waals surface area contributed by atoms with E-state index in [1.54, 1.807) is 0 Å². The third kappa shape index (κ3) is 3.77. The number of hydrogen-bond acceptors (Lipinski definition) is 2. The summed E-state index contributed by atoms with van der Waals surface area (Å²) in [5, 5.41) is 8.03. The minimum Gasteiger partial charge on any atom is -0.481 e. The molecule has 12 heavy (non-hydrogen) atoms. The second-order valence-electron chi connectivity index (χ2n) is 2.49. The Morgan fingerprint density at radius 3 is 1.92 bits per heavy atom. The summed E-state index contributed by atoms with van der Waals surface area (Å²) in [5.41, 5.74) is 2.05. The minimum atomic E-state index is -4.68. The lowest BCUT2D eigenvalue weighted by molar-refractivity contribution is -0.188. The average Bonchev–Trinajstić information content (AvgIpc) is 1.56. The zero-order chi connectivity index (χ0) is 9.28. The van der Waals surface area contributed by atoms with E-state index in [1.165, 1.54) is 0 Å². The van der Waals surface area contributed by atoms with Crippen LogP contribution in [0.4, 0.5) is 13.2 Å². The Morgan fingerprint density at radius 2 is 1.83 bits per heavy atom. The topological polar surface area (TPSA) is 63.3 Å². The Labute approximate surface area is 73.1 Å². The number of hydrogen-bond donors (Lipinski definition) is 2. The van der Waals surface area contributed by atoms with Crippen molar-refractivity contribution < 1.29 is 23.1 Å². The van der Waals surface area contributed by atoms with E-state index in [4.69, 9.17) is 5.11 Å². The molecule has 0 aliphatic heterocycles. The highest BCUT2D eigenvalue weighted by atomic mass is 35.5. The van der Waals surface area contributed by atoms with Crippen molar-refractivity contribution in [1.29, 1.82) is 0 Å². The van der Waals surface area contributed by atoms with Crippen molar-refractivity contribution in [3.05, 3.63) is 0 Å². The fourth-order valence-electron chi connectivity index (χ4n) is 0.414. The average molecular weight is 208 g/mol. The molecule has 0 amide bonds. The molecular formula is C5H9ClF3NO2. The van der Waals surface area contributed by atoms with Gasteiger partial charge in [0.2, 0.25) is 0 Å². The molecule has 3 nitrogen and oxygen atoms in total. The Hall–Kier alpha value is -0.490. The Balaban J connectivity index is 0. The number of nitrogens with two attached hydrogens (primary N) is 1. The van der Waals surface area contributed by atoms with Crippen molar-refractivity contribution in [3.8, 4) is 0 Å². The lowest BCUT2D eigenvalue weighted by atomic mass is 9.99. The zero-order valence-corrected chi connectivity index (χ0v) is 7.00. The van der Waals surface area contributed by atoms with Crippen LogP contribution in [0.25, 0.3) is 0 Å². The van der Waals surface area contributed by atoms with E-state index >= 15 is 0 Å². The molecule has 0 bridgehead atoms. The van der Waals surface area contributed by atoms with Crippen LogP contribution in [0.2, 0.25) is 0 Å². The normalized spacial score (nSPS) is 16.1. The molecule has 0 rings (SSSR count).